The van der Waals surface area contributed by atoms with Gasteiger partial charge in [-0.05, 0) is 76.7 Å². The molecular weight excluding hydrogens is 386 g/mol. The van der Waals surface area contributed by atoms with Gasteiger partial charge in [0, 0.05) is 19.6 Å². The van der Waals surface area contributed by atoms with Crippen LogP contribution in [0.3, 0.4) is 0 Å². The second kappa shape index (κ2) is 10.0. The van der Waals surface area contributed by atoms with Gasteiger partial charge in [-0.15, -0.1) is 0 Å². The first-order chi connectivity index (χ1) is 13.9. The minimum absolute atomic E-state index is 0.0129. The van der Waals surface area contributed by atoms with Crippen molar-refractivity contribution in [2.24, 2.45) is 11.8 Å². The Morgan fingerprint density at radius 3 is 2.48 bits per heavy atom. The number of hydrogen-bond acceptors (Lipinski definition) is 4. The second-order valence-corrected chi connectivity index (χ2v) is 10.6. The Kier molecular flexibility index (Phi) is 7.71. The Morgan fingerprint density at radius 1 is 1.10 bits per heavy atom. The third-order valence-electron chi connectivity index (χ3n) is 6.24. The molecule has 1 aromatic carbocycles. The first kappa shape index (κ1) is 22.2. The number of piperidine rings is 2. The number of rotatable bonds is 7. The molecule has 1 unspecified atom stereocenters. The minimum atomic E-state index is -3.54. The van der Waals surface area contributed by atoms with Gasteiger partial charge in [-0.3, -0.25) is 4.79 Å². The van der Waals surface area contributed by atoms with Crippen molar-refractivity contribution < 1.29 is 13.2 Å². The van der Waals surface area contributed by atoms with E-state index in [4.69, 9.17) is 0 Å². The largest absolute Gasteiger partial charge is 0.356 e. The number of benzene rings is 1. The SMILES string of the molecule is Cc1ccc(S(=O)(=O)N2CCCC(C(=O)NCCCN3CCC(C)CC3)C2)cc1. The number of amides is 1. The average molecular weight is 422 g/mol. The molecule has 6 nitrogen and oxygen atoms in total. The topological polar surface area (TPSA) is 69.7 Å². The van der Waals surface area contributed by atoms with E-state index in [1.807, 2.05) is 19.1 Å². The maximum atomic E-state index is 12.9. The summed E-state index contributed by atoms with van der Waals surface area (Å²) in [7, 11) is -3.54. The highest BCUT2D eigenvalue weighted by Gasteiger charge is 2.33. The van der Waals surface area contributed by atoms with Crippen LogP contribution in [0.5, 0.6) is 0 Å². The zero-order chi connectivity index (χ0) is 20.9. The lowest BCUT2D eigenvalue weighted by Gasteiger charge is -2.31. The molecule has 1 atom stereocenters. The van der Waals surface area contributed by atoms with E-state index >= 15 is 0 Å². The van der Waals surface area contributed by atoms with Crippen molar-refractivity contribution in [1.82, 2.24) is 14.5 Å². The summed E-state index contributed by atoms with van der Waals surface area (Å²) in [5.41, 5.74) is 1.03. The van der Waals surface area contributed by atoms with Crippen molar-refractivity contribution in [1.29, 1.82) is 0 Å². The predicted molar refractivity (Wildman–Crippen MR) is 115 cm³/mol. The molecule has 1 aromatic rings. The van der Waals surface area contributed by atoms with E-state index in [-0.39, 0.29) is 18.4 Å². The molecule has 2 heterocycles. The van der Waals surface area contributed by atoms with Crippen molar-refractivity contribution in [2.75, 3.05) is 39.3 Å². The summed E-state index contributed by atoms with van der Waals surface area (Å²) in [6.07, 6.45) is 4.93. The summed E-state index contributed by atoms with van der Waals surface area (Å²) in [6, 6.07) is 6.92. The molecule has 0 radical (unpaired) electrons. The Bertz CT molecular complexity index is 771. The molecule has 0 spiro atoms. The molecule has 1 N–H and O–H groups in total. The van der Waals surface area contributed by atoms with Gasteiger partial charge in [0.05, 0.1) is 10.8 Å². The van der Waals surface area contributed by atoms with Gasteiger partial charge in [0.25, 0.3) is 0 Å². The van der Waals surface area contributed by atoms with E-state index in [1.54, 1.807) is 12.1 Å². The fourth-order valence-corrected chi connectivity index (χ4v) is 5.70. The summed E-state index contributed by atoms with van der Waals surface area (Å²) < 4.78 is 27.3. The normalized spacial score (nSPS) is 22.5. The van der Waals surface area contributed by atoms with Gasteiger partial charge in [-0.2, -0.15) is 4.31 Å². The van der Waals surface area contributed by atoms with Crippen LogP contribution in [0.1, 0.15) is 44.6 Å². The summed E-state index contributed by atoms with van der Waals surface area (Å²) in [5.74, 6) is 0.553. The Morgan fingerprint density at radius 2 is 1.79 bits per heavy atom. The fourth-order valence-electron chi connectivity index (χ4n) is 4.18. The van der Waals surface area contributed by atoms with Gasteiger partial charge in [-0.1, -0.05) is 24.6 Å². The smallest absolute Gasteiger partial charge is 0.243 e. The summed E-state index contributed by atoms with van der Waals surface area (Å²) in [6.45, 7) is 8.98. The first-order valence-electron chi connectivity index (χ1n) is 10.9. The quantitative estimate of drug-likeness (QED) is 0.687. The molecule has 162 valence electrons. The van der Waals surface area contributed by atoms with E-state index in [2.05, 4.69) is 17.1 Å². The monoisotopic (exact) mass is 421 g/mol. The van der Waals surface area contributed by atoms with E-state index in [0.717, 1.165) is 50.4 Å². The fraction of sp³-hybridized carbons (Fsp3) is 0.682. The molecule has 2 aliphatic heterocycles. The van der Waals surface area contributed by atoms with Gasteiger partial charge in [0.15, 0.2) is 0 Å². The van der Waals surface area contributed by atoms with Crippen LogP contribution in [0.2, 0.25) is 0 Å². The highest BCUT2D eigenvalue weighted by Crippen LogP contribution is 2.24. The molecule has 2 aliphatic rings. The third kappa shape index (κ3) is 6.03. The van der Waals surface area contributed by atoms with Crippen molar-refractivity contribution in [2.45, 2.75) is 50.8 Å². The Hall–Kier alpha value is -1.44. The summed E-state index contributed by atoms with van der Waals surface area (Å²) in [5, 5.41) is 3.03. The number of likely N-dealkylation sites (tertiary alicyclic amines) is 1. The highest BCUT2D eigenvalue weighted by atomic mass is 32.2. The Balaban J connectivity index is 1.46. The van der Waals surface area contributed by atoms with E-state index in [0.29, 0.717) is 18.0 Å². The van der Waals surface area contributed by atoms with E-state index in [1.165, 1.54) is 17.1 Å². The van der Waals surface area contributed by atoms with Gasteiger partial charge >= 0.3 is 0 Å². The lowest BCUT2D eigenvalue weighted by molar-refractivity contribution is -0.126. The number of aryl methyl sites for hydroxylation is 1. The molecule has 0 aromatic heterocycles. The molecule has 0 bridgehead atoms. The number of hydrogen-bond donors (Lipinski definition) is 1. The van der Waals surface area contributed by atoms with Gasteiger partial charge in [0.1, 0.15) is 0 Å². The van der Waals surface area contributed by atoms with Crippen molar-refractivity contribution >= 4 is 15.9 Å². The van der Waals surface area contributed by atoms with Crippen LogP contribution in [0.15, 0.2) is 29.2 Å². The van der Waals surface area contributed by atoms with Crippen LogP contribution < -0.4 is 5.32 Å². The molecule has 0 aliphatic carbocycles. The number of nitrogens with zero attached hydrogens (tertiary/aromatic N) is 2. The maximum Gasteiger partial charge on any atom is 0.243 e. The van der Waals surface area contributed by atoms with Crippen LogP contribution in [-0.4, -0.2) is 62.8 Å². The standard InChI is InChI=1S/C22H35N3O3S/c1-18-6-8-21(9-7-18)29(27,28)25-14-3-5-20(17-25)22(26)23-12-4-13-24-15-10-19(2)11-16-24/h6-9,19-20H,3-5,10-17H2,1-2H3,(H,23,26). The molecule has 0 saturated carbocycles. The van der Waals surface area contributed by atoms with Crippen LogP contribution in [0, 0.1) is 18.8 Å². The first-order valence-corrected chi connectivity index (χ1v) is 12.4. The molecule has 29 heavy (non-hydrogen) atoms. The molecule has 3 rings (SSSR count). The van der Waals surface area contributed by atoms with Crippen molar-refractivity contribution in [3.8, 4) is 0 Å². The predicted octanol–water partition coefficient (Wildman–Crippen LogP) is 2.63. The van der Waals surface area contributed by atoms with Crippen LogP contribution in [-0.2, 0) is 14.8 Å². The van der Waals surface area contributed by atoms with Crippen LogP contribution in [0.4, 0.5) is 0 Å². The van der Waals surface area contributed by atoms with Crippen molar-refractivity contribution in [3.63, 3.8) is 0 Å². The summed E-state index contributed by atoms with van der Waals surface area (Å²) in [4.78, 5) is 15.4. The van der Waals surface area contributed by atoms with E-state index in [9.17, 15) is 13.2 Å². The second-order valence-electron chi connectivity index (χ2n) is 8.68. The number of sulfonamides is 1. The van der Waals surface area contributed by atoms with Gasteiger partial charge in [0.2, 0.25) is 15.9 Å². The maximum absolute atomic E-state index is 12.9. The molecule has 1 amide bonds. The molecule has 2 fully saturated rings. The van der Waals surface area contributed by atoms with E-state index < -0.39 is 10.0 Å². The Labute approximate surface area is 175 Å². The lowest BCUT2D eigenvalue weighted by atomic mass is 9.98. The number of nitrogens with one attached hydrogen (secondary N) is 1. The molecule has 2 saturated heterocycles. The molecular formula is C22H35N3O3S. The number of carbonyl (C=O) groups is 1. The lowest BCUT2D eigenvalue weighted by Crippen LogP contribution is -2.45. The third-order valence-corrected chi connectivity index (χ3v) is 8.12. The zero-order valence-corrected chi connectivity index (χ0v) is 18.6. The number of carbonyl (C=O) groups excluding carboxylic acids is 1. The van der Waals surface area contributed by atoms with Crippen LogP contribution in [0.25, 0.3) is 0 Å². The minimum Gasteiger partial charge on any atom is -0.356 e. The molecule has 7 heteroatoms. The highest BCUT2D eigenvalue weighted by molar-refractivity contribution is 7.89. The average Bonchev–Trinajstić information content (AvgIpc) is 2.73. The summed E-state index contributed by atoms with van der Waals surface area (Å²) >= 11 is 0. The van der Waals surface area contributed by atoms with Gasteiger partial charge < -0.3 is 10.2 Å². The van der Waals surface area contributed by atoms with Gasteiger partial charge in [-0.25, -0.2) is 8.42 Å². The van der Waals surface area contributed by atoms with Crippen LogP contribution >= 0.6 is 0 Å². The zero-order valence-electron chi connectivity index (χ0n) is 17.8. The van der Waals surface area contributed by atoms with Crippen molar-refractivity contribution in [3.05, 3.63) is 29.8 Å².